The number of likely N-dealkylation sites (tertiary alicyclic amines) is 1. The van der Waals surface area contributed by atoms with Gasteiger partial charge in [-0.3, -0.25) is 0 Å². The molecule has 47 heavy (non-hydrogen) atoms. The average molecular weight is 648 g/mol. The number of hydrogen-bond donors (Lipinski definition) is 2. The van der Waals surface area contributed by atoms with Crippen LogP contribution in [0.4, 0.5) is 14.6 Å². The summed E-state index contributed by atoms with van der Waals surface area (Å²) >= 11 is 0. The zero-order valence-electron chi connectivity index (χ0n) is 27.6. The van der Waals surface area contributed by atoms with Crippen molar-refractivity contribution >= 4 is 27.5 Å². The summed E-state index contributed by atoms with van der Waals surface area (Å²) in [4.78, 5) is 18.5. The Balaban J connectivity index is 1.43. The lowest BCUT2D eigenvalue weighted by atomic mass is 9.76. The quantitative estimate of drug-likeness (QED) is 0.236. The van der Waals surface area contributed by atoms with Crippen LogP contribution in [0.25, 0.3) is 32.9 Å². The molecule has 2 N–H and O–H groups in total. The summed E-state index contributed by atoms with van der Waals surface area (Å²) in [5.41, 5.74) is -0.552. The number of piperidine rings is 2. The van der Waals surface area contributed by atoms with Crippen molar-refractivity contribution in [2.24, 2.45) is 5.41 Å². The number of halogens is 2. The van der Waals surface area contributed by atoms with Crippen molar-refractivity contribution in [3.05, 3.63) is 41.5 Å². The maximum absolute atomic E-state index is 17.1. The van der Waals surface area contributed by atoms with E-state index in [9.17, 15) is 10.2 Å². The molecule has 4 aromatic rings. The molecule has 3 aliphatic rings. The number of aromatic hydroxyl groups is 1. The molecule has 3 atom stereocenters. The molecular formula is C36H43F2N5O4. The molecule has 3 fully saturated rings. The number of rotatable bonds is 7. The van der Waals surface area contributed by atoms with E-state index in [0.717, 1.165) is 38.6 Å². The summed E-state index contributed by atoms with van der Waals surface area (Å²) < 4.78 is 44.4. The molecule has 0 spiro atoms. The SMILES string of the molecule is CCc1c(F)ccc2cc(O)cc(-c3nc(OC)c4c(N5CCC[C@@](C)(O)C5)nc(OC[C@]56CCC[C@H]5N(C)CCC6)nc4c3F)c12. The number of phenols is 1. The van der Waals surface area contributed by atoms with Gasteiger partial charge in [0.2, 0.25) is 5.88 Å². The Morgan fingerprint density at radius 2 is 1.81 bits per heavy atom. The topological polar surface area (TPSA) is 104 Å². The monoisotopic (exact) mass is 647 g/mol. The van der Waals surface area contributed by atoms with E-state index in [4.69, 9.17) is 14.5 Å². The minimum Gasteiger partial charge on any atom is -0.508 e. The van der Waals surface area contributed by atoms with Gasteiger partial charge in [0.25, 0.3) is 0 Å². The zero-order valence-corrected chi connectivity index (χ0v) is 27.6. The molecule has 9 nitrogen and oxygen atoms in total. The molecule has 0 unspecified atom stereocenters. The first-order chi connectivity index (χ1) is 22.5. The van der Waals surface area contributed by atoms with Crippen LogP contribution in [-0.4, -0.2) is 82.1 Å². The first-order valence-electron chi connectivity index (χ1n) is 16.7. The summed E-state index contributed by atoms with van der Waals surface area (Å²) in [6, 6.07) is 6.30. The number of pyridine rings is 1. The Labute approximate surface area is 273 Å². The number of benzene rings is 2. The molecule has 11 heteroatoms. The van der Waals surface area contributed by atoms with E-state index in [1.165, 1.54) is 25.3 Å². The normalized spacial score (nSPS) is 25.0. The molecule has 2 saturated heterocycles. The number of fused-ring (bicyclic) bond motifs is 3. The van der Waals surface area contributed by atoms with Crippen molar-refractivity contribution in [3.8, 4) is 28.9 Å². The predicted octanol–water partition coefficient (Wildman–Crippen LogP) is 6.39. The molecule has 2 aromatic heterocycles. The summed E-state index contributed by atoms with van der Waals surface area (Å²) in [6.07, 6.45) is 7.12. The van der Waals surface area contributed by atoms with Gasteiger partial charge < -0.3 is 29.5 Å². The highest BCUT2D eigenvalue weighted by atomic mass is 19.1. The molecule has 2 aromatic carbocycles. The fourth-order valence-corrected chi connectivity index (χ4v) is 8.54. The summed E-state index contributed by atoms with van der Waals surface area (Å²) in [7, 11) is 3.62. The maximum atomic E-state index is 17.1. The summed E-state index contributed by atoms with van der Waals surface area (Å²) in [6.45, 7) is 5.95. The van der Waals surface area contributed by atoms with Crippen LogP contribution in [0.15, 0.2) is 24.3 Å². The third-order valence-corrected chi connectivity index (χ3v) is 10.7. The number of β-amino-alcohol motifs (C(OH)–C–C–N with tert-alkyl or cyclic N) is 1. The Kier molecular flexibility index (Phi) is 8.11. The van der Waals surface area contributed by atoms with Crippen LogP contribution in [0.5, 0.6) is 17.6 Å². The lowest BCUT2D eigenvalue weighted by molar-refractivity contribution is 0.0132. The number of anilines is 1. The lowest BCUT2D eigenvalue weighted by Crippen LogP contribution is -2.50. The van der Waals surface area contributed by atoms with E-state index in [0.29, 0.717) is 60.6 Å². The molecule has 0 amide bonds. The van der Waals surface area contributed by atoms with Gasteiger partial charge in [-0.05, 0) is 100.0 Å². The van der Waals surface area contributed by atoms with Gasteiger partial charge >= 0.3 is 6.01 Å². The van der Waals surface area contributed by atoms with E-state index in [1.807, 2.05) is 11.8 Å². The van der Waals surface area contributed by atoms with Crippen LogP contribution in [-0.2, 0) is 6.42 Å². The molecule has 4 heterocycles. The van der Waals surface area contributed by atoms with Crippen LogP contribution in [0, 0.1) is 17.0 Å². The second kappa shape index (κ2) is 12.0. The van der Waals surface area contributed by atoms with Crippen LogP contribution >= 0.6 is 0 Å². The van der Waals surface area contributed by atoms with Crippen molar-refractivity contribution in [2.75, 3.05) is 45.3 Å². The van der Waals surface area contributed by atoms with E-state index in [2.05, 4.69) is 21.9 Å². The van der Waals surface area contributed by atoms with E-state index in [1.54, 1.807) is 13.0 Å². The van der Waals surface area contributed by atoms with Crippen molar-refractivity contribution < 1.29 is 28.5 Å². The molecule has 0 radical (unpaired) electrons. The maximum Gasteiger partial charge on any atom is 0.319 e. The second-order valence-electron chi connectivity index (χ2n) is 14.0. The molecule has 7 rings (SSSR count). The van der Waals surface area contributed by atoms with Gasteiger partial charge in [-0.25, -0.2) is 13.8 Å². The predicted molar refractivity (Wildman–Crippen MR) is 177 cm³/mol. The number of methoxy groups -OCH3 is 1. The number of phenolic OH excluding ortho intramolecular Hbond substituents is 1. The Bertz CT molecular complexity index is 1850. The first kappa shape index (κ1) is 31.8. The first-order valence-corrected chi connectivity index (χ1v) is 16.7. The number of ether oxygens (including phenoxy) is 2. The zero-order chi connectivity index (χ0) is 33.1. The second-order valence-corrected chi connectivity index (χ2v) is 14.0. The number of aryl methyl sites for hydroxylation is 1. The van der Waals surface area contributed by atoms with Crippen molar-refractivity contribution in [2.45, 2.75) is 76.9 Å². The standard InChI is InChI=1S/C36H43F2N5O4/c1-5-23-25(37)11-10-21-17-22(44)18-24(27(21)23)30-29(38)31-28(33(39-30)46-4)32(43-16-7-12-35(2,45)19-43)41-34(40-31)47-20-36-13-6-9-26(36)42(3)15-8-14-36/h10-11,17-18,26,44-45H,5-9,12-16,19-20H2,1-4H3/t26-,35-,36-/m1/s1. The van der Waals surface area contributed by atoms with Crippen LogP contribution < -0.4 is 14.4 Å². The van der Waals surface area contributed by atoms with Crippen molar-refractivity contribution in [1.82, 2.24) is 19.9 Å². The number of hydrogen-bond acceptors (Lipinski definition) is 9. The van der Waals surface area contributed by atoms with Gasteiger partial charge in [0.15, 0.2) is 5.82 Å². The Morgan fingerprint density at radius 1 is 1.02 bits per heavy atom. The fraction of sp³-hybridized carbons (Fsp3) is 0.528. The number of aliphatic hydroxyl groups is 1. The largest absolute Gasteiger partial charge is 0.508 e. The van der Waals surface area contributed by atoms with E-state index < -0.39 is 17.2 Å². The lowest BCUT2D eigenvalue weighted by Gasteiger charge is -2.44. The molecule has 250 valence electrons. The molecule has 2 aliphatic heterocycles. The van der Waals surface area contributed by atoms with E-state index >= 15 is 8.78 Å². The summed E-state index contributed by atoms with van der Waals surface area (Å²) in [5, 5.41) is 23.0. The van der Waals surface area contributed by atoms with Crippen molar-refractivity contribution in [1.29, 1.82) is 0 Å². The highest BCUT2D eigenvalue weighted by Gasteiger charge is 2.47. The third-order valence-electron chi connectivity index (χ3n) is 10.7. The molecule has 0 bridgehead atoms. The van der Waals surface area contributed by atoms with Gasteiger partial charge in [-0.15, -0.1) is 0 Å². The molecule has 1 aliphatic carbocycles. The van der Waals surface area contributed by atoms with Crippen molar-refractivity contribution in [3.63, 3.8) is 0 Å². The Hall–Kier alpha value is -3.83. The highest BCUT2D eigenvalue weighted by molar-refractivity contribution is 6.03. The number of aromatic nitrogens is 3. The molecular weight excluding hydrogens is 604 g/mol. The van der Waals surface area contributed by atoms with Gasteiger partial charge in [-0.2, -0.15) is 9.97 Å². The Morgan fingerprint density at radius 3 is 2.57 bits per heavy atom. The minimum atomic E-state index is -0.973. The van der Waals surface area contributed by atoms with Gasteiger partial charge in [0, 0.05) is 30.1 Å². The van der Waals surface area contributed by atoms with Gasteiger partial charge in [-0.1, -0.05) is 19.4 Å². The van der Waals surface area contributed by atoms with Gasteiger partial charge in [0.05, 0.1) is 19.3 Å². The van der Waals surface area contributed by atoms with E-state index in [-0.39, 0.29) is 51.8 Å². The highest BCUT2D eigenvalue weighted by Crippen LogP contribution is 2.48. The number of nitrogens with zero attached hydrogens (tertiary/aromatic N) is 5. The summed E-state index contributed by atoms with van der Waals surface area (Å²) in [5.74, 6) is -0.826. The fourth-order valence-electron chi connectivity index (χ4n) is 8.54. The molecule has 1 saturated carbocycles. The average Bonchev–Trinajstić information content (AvgIpc) is 3.49. The third kappa shape index (κ3) is 5.51. The minimum absolute atomic E-state index is 0.0268. The van der Waals surface area contributed by atoms with Crippen LogP contribution in [0.2, 0.25) is 0 Å². The van der Waals surface area contributed by atoms with Crippen LogP contribution in [0.1, 0.15) is 64.4 Å². The van der Waals surface area contributed by atoms with Crippen LogP contribution in [0.3, 0.4) is 0 Å². The van der Waals surface area contributed by atoms with Gasteiger partial charge in [0.1, 0.15) is 34.0 Å². The smallest absolute Gasteiger partial charge is 0.319 e.